The number of para-hydroxylation sites is 1. The molecular weight excluding hydrogens is 581 g/mol. The molecule has 0 saturated carbocycles. The number of hydrogen-bond donors (Lipinski definition) is 1. The van der Waals surface area contributed by atoms with Crippen LogP contribution in [0.25, 0.3) is 0 Å². The number of amides is 2. The van der Waals surface area contributed by atoms with Crippen molar-refractivity contribution >= 4 is 50.7 Å². The SMILES string of the molecule is CCCCNC(=O)C(CC)N(Cc1ccc(Cl)cc1Cl)C(=O)CN(c1ccccc1CC)S(=O)(=O)c1ccccc1. The van der Waals surface area contributed by atoms with Crippen molar-refractivity contribution in [1.29, 1.82) is 0 Å². The summed E-state index contributed by atoms with van der Waals surface area (Å²) < 4.78 is 29.1. The molecule has 0 aliphatic rings. The summed E-state index contributed by atoms with van der Waals surface area (Å²) >= 11 is 12.6. The van der Waals surface area contributed by atoms with Crippen LogP contribution in [0, 0.1) is 0 Å². The van der Waals surface area contributed by atoms with Crippen molar-refractivity contribution in [3.63, 3.8) is 0 Å². The van der Waals surface area contributed by atoms with Crippen molar-refractivity contribution in [2.24, 2.45) is 0 Å². The average Bonchev–Trinajstić information content (AvgIpc) is 2.97. The third-order valence-corrected chi connectivity index (χ3v) is 9.18. The van der Waals surface area contributed by atoms with Crippen LogP contribution in [0.15, 0.2) is 77.7 Å². The lowest BCUT2D eigenvalue weighted by atomic mass is 10.1. The van der Waals surface area contributed by atoms with E-state index in [2.05, 4.69) is 5.32 Å². The first-order valence-electron chi connectivity index (χ1n) is 13.8. The number of hydrogen-bond acceptors (Lipinski definition) is 4. The predicted octanol–water partition coefficient (Wildman–Crippen LogP) is 6.47. The molecule has 0 heterocycles. The summed E-state index contributed by atoms with van der Waals surface area (Å²) in [5, 5.41) is 3.71. The summed E-state index contributed by atoms with van der Waals surface area (Å²) in [7, 11) is -4.13. The third kappa shape index (κ3) is 8.24. The van der Waals surface area contributed by atoms with Gasteiger partial charge < -0.3 is 10.2 Å². The van der Waals surface area contributed by atoms with E-state index in [1.54, 1.807) is 48.5 Å². The summed E-state index contributed by atoms with van der Waals surface area (Å²) in [5.74, 6) is -0.829. The maximum Gasteiger partial charge on any atom is 0.264 e. The minimum Gasteiger partial charge on any atom is -0.354 e. The normalized spacial score (nSPS) is 12.0. The number of carbonyl (C=O) groups is 2. The number of anilines is 1. The first-order valence-corrected chi connectivity index (χ1v) is 16.0. The van der Waals surface area contributed by atoms with Gasteiger partial charge in [0, 0.05) is 23.1 Å². The molecule has 0 radical (unpaired) electrons. The molecule has 0 fully saturated rings. The molecule has 0 aliphatic heterocycles. The van der Waals surface area contributed by atoms with Crippen LogP contribution in [-0.2, 0) is 32.6 Å². The summed E-state index contributed by atoms with van der Waals surface area (Å²) in [4.78, 5) is 29.0. The number of nitrogens with one attached hydrogen (secondary N) is 1. The molecule has 10 heteroatoms. The van der Waals surface area contributed by atoms with E-state index in [0.717, 1.165) is 22.7 Å². The van der Waals surface area contributed by atoms with Gasteiger partial charge in [-0.2, -0.15) is 0 Å². The molecule has 41 heavy (non-hydrogen) atoms. The first-order chi connectivity index (χ1) is 19.6. The lowest BCUT2D eigenvalue weighted by molar-refractivity contribution is -0.140. The van der Waals surface area contributed by atoms with Crippen molar-refractivity contribution in [2.45, 2.75) is 63.9 Å². The van der Waals surface area contributed by atoms with Crippen LogP contribution >= 0.6 is 23.2 Å². The number of benzene rings is 3. The Kier molecular flexibility index (Phi) is 12.1. The highest BCUT2D eigenvalue weighted by Gasteiger charge is 2.34. The first kappa shape index (κ1) is 32.4. The average molecular weight is 619 g/mol. The Bertz CT molecular complexity index is 1430. The van der Waals surface area contributed by atoms with Gasteiger partial charge in [-0.1, -0.05) is 92.9 Å². The largest absolute Gasteiger partial charge is 0.354 e. The summed E-state index contributed by atoms with van der Waals surface area (Å²) in [6, 6.07) is 19.2. The fourth-order valence-electron chi connectivity index (χ4n) is 4.55. The van der Waals surface area contributed by atoms with Gasteiger partial charge in [0.25, 0.3) is 10.0 Å². The maximum absolute atomic E-state index is 14.2. The number of carbonyl (C=O) groups excluding carboxylic acids is 2. The number of rotatable bonds is 14. The lowest BCUT2D eigenvalue weighted by Crippen LogP contribution is -2.52. The van der Waals surface area contributed by atoms with E-state index < -0.39 is 28.5 Å². The van der Waals surface area contributed by atoms with Crippen LogP contribution in [0.1, 0.15) is 51.2 Å². The topological polar surface area (TPSA) is 86.8 Å². The zero-order chi connectivity index (χ0) is 30.0. The molecule has 3 aromatic carbocycles. The third-order valence-electron chi connectivity index (χ3n) is 6.82. The molecule has 0 spiro atoms. The van der Waals surface area contributed by atoms with Gasteiger partial charge in [0.1, 0.15) is 12.6 Å². The minimum atomic E-state index is -4.13. The number of aryl methyl sites for hydroxylation is 1. The predicted molar refractivity (Wildman–Crippen MR) is 166 cm³/mol. The molecule has 7 nitrogen and oxygen atoms in total. The van der Waals surface area contributed by atoms with Gasteiger partial charge in [0.15, 0.2) is 0 Å². The molecule has 3 aromatic rings. The van der Waals surface area contributed by atoms with Gasteiger partial charge in [-0.15, -0.1) is 0 Å². The van der Waals surface area contributed by atoms with Crippen LogP contribution < -0.4 is 9.62 Å². The molecule has 1 N–H and O–H groups in total. The molecule has 0 aromatic heterocycles. The Morgan fingerprint density at radius 2 is 1.59 bits per heavy atom. The second-order valence-electron chi connectivity index (χ2n) is 9.63. The quantitative estimate of drug-likeness (QED) is 0.210. The molecule has 220 valence electrons. The van der Waals surface area contributed by atoms with E-state index in [9.17, 15) is 18.0 Å². The molecule has 0 saturated heterocycles. The zero-order valence-corrected chi connectivity index (χ0v) is 26.0. The van der Waals surface area contributed by atoms with Crippen LogP contribution in [-0.4, -0.2) is 44.3 Å². The highest BCUT2D eigenvalue weighted by Crippen LogP contribution is 2.29. The smallest absolute Gasteiger partial charge is 0.264 e. The van der Waals surface area contributed by atoms with Crippen molar-refractivity contribution < 1.29 is 18.0 Å². The summed E-state index contributed by atoms with van der Waals surface area (Å²) in [5.41, 5.74) is 1.78. The molecule has 0 aliphatic carbocycles. The molecule has 0 bridgehead atoms. The zero-order valence-electron chi connectivity index (χ0n) is 23.6. The number of sulfonamides is 1. The van der Waals surface area contributed by atoms with E-state index in [0.29, 0.717) is 40.7 Å². The van der Waals surface area contributed by atoms with E-state index >= 15 is 0 Å². The van der Waals surface area contributed by atoms with Gasteiger partial charge in [-0.3, -0.25) is 13.9 Å². The lowest BCUT2D eigenvalue weighted by Gasteiger charge is -2.34. The van der Waals surface area contributed by atoms with Gasteiger partial charge >= 0.3 is 0 Å². The van der Waals surface area contributed by atoms with Crippen LogP contribution in [0.2, 0.25) is 10.0 Å². The minimum absolute atomic E-state index is 0.00316. The van der Waals surface area contributed by atoms with E-state index in [-0.39, 0.29) is 17.3 Å². The Hall–Kier alpha value is -3.07. The standard InChI is InChI=1S/C31H37Cl2N3O4S/c1-4-7-19-34-31(38)28(6-3)35(21-24-17-18-25(32)20-27(24)33)30(37)22-36(29-16-12-11-13-23(29)5-2)41(39,40)26-14-9-8-10-15-26/h8-18,20,28H,4-7,19,21-22H2,1-3H3,(H,34,38). The molecule has 2 amide bonds. The van der Waals surface area contributed by atoms with Crippen LogP contribution in [0.5, 0.6) is 0 Å². The van der Waals surface area contributed by atoms with Crippen molar-refractivity contribution in [3.8, 4) is 0 Å². The number of nitrogens with zero attached hydrogens (tertiary/aromatic N) is 2. The Balaban J connectivity index is 2.08. The van der Waals surface area contributed by atoms with Crippen molar-refractivity contribution in [2.75, 3.05) is 17.4 Å². The Morgan fingerprint density at radius 3 is 2.22 bits per heavy atom. The highest BCUT2D eigenvalue weighted by atomic mass is 35.5. The van der Waals surface area contributed by atoms with Gasteiger partial charge in [0.2, 0.25) is 11.8 Å². The molecule has 1 unspecified atom stereocenters. The summed E-state index contributed by atoms with van der Waals surface area (Å²) in [6.45, 7) is 5.75. The molecular formula is C31H37Cl2N3O4S. The van der Waals surface area contributed by atoms with E-state index in [4.69, 9.17) is 23.2 Å². The second kappa shape index (κ2) is 15.2. The van der Waals surface area contributed by atoms with Crippen molar-refractivity contribution in [1.82, 2.24) is 10.2 Å². The van der Waals surface area contributed by atoms with Crippen LogP contribution in [0.3, 0.4) is 0 Å². The second-order valence-corrected chi connectivity index (χ2v) is 12.3. The van der Waals surface area contributed by atoms with Gasteiger partial charge in [-0.05, 0) is 60.7 Å². The maximum atomic E-state index is 14.2. The number of unbranched alkanes of at least 4 members (excludes halogenated alkanes) is 1. The van der Waals surface area contributed by atoms with Gasteiger partial charge in [0.05, 0.1) is 10.6 Å². The van der Waals surface area contributed by atoms with E-state index in [1.165, 1.54) is 17.0 Å². The Morgan fingerprint density at radius 1 is 0.902 bits per heavy atom. The molecule has 1 atom stereocenters. The van der Waals surface area contributed by atoms with E-state index in [1.807, 2.05) is 32.9 Å². The van der Waals surface area contributed by atoms with Crippen LogP contribution in [0.4, 0.5) is 5.69 Å². The summed E-state index contributed by atoms with van der Waals surface area (Å²) in [6.07, 6.45) is 2.60. The fraction of sp³-hybridized carbons (Fsp3) is 0.355. The Labute approximate surface area is 253 Å². The monoisotopic (exact) mass is 617 g/mol. The molecule has 3 rings (SSSR count). The number of halogens is 2. The highest BCUT2D eigenvalue weighted by molar-refractivity contribution is 7.92. The van der Waals surface area contributed by atoms with Gasteiger partial charge in [-0.25, -0.2) is 8.42 Å². The van der Waals surface area contributed by atoms with Crippen molar-refractivity contribution in [3.05, 3.63) is 94.0 Å². The fourth-order valence-corrected chi connectivity index (χ4v) is 6.49.